The van der Waals surface area contributed by atoms with Crippen molar-refractivity contribution < 1.29 is 27.1 Å². The smallest absolute Gasteiger partial charge is 0.416 e. The maximum atomic E-state index is 13.4. The van der Waals surface area contributed by atoms with Gasteiger partial charge in [0.2, 0.25) is 0 Å². The lowest BCUT2D eigenvalue weighted by atomic mass is 10.1. The van der Waals surface area contributed by atoms with E-state index >= 15 is 0 Å². The van der Waals surface area contributed by atoms with E-state index in [1.165, 1.54) is 0 Å². The van der Waals surface area contributed by atoms with Crippen LogP contribution >= 0.6 is 15.9 Å². The molecule has 1 aromatic carbocycles. The number of carbonyl (C=O) groups excluding carboxylic acids is 1. The molecule has 0 saturated carbocycles. The van der Waals surface area contributed by atoms with Gasteiger partial charge in [0, 0.05) is 5.56 Å². The van der Waals surface area contributed by atoms with Crippen LogP contribution in [-0.2, 0) is 15.7 Å². The van der Waals surface area contributed by atoms with E-state index in [2.05, 4.69) is 20.7 Å². The lowest BCUT2D eigenvalue weighted by molar-refractivity contribution is -0.140. The lowest BCUT2D eigenvalue weighted by Gasteiger charge is -2.11. The first-order valence-electron chi connectivity index (χ1n) is 4.36. The summed E-state index contributed by atoms with van der Waals surface area (Å²) in [5.74, 6) is -1.91. The van der Waals surface area contributed by atoms with Crippen molar-refractivity contribution in [2.45, 2.75) is 11.0 Å². The minimum absolute atomic E-state index is 0.204. The van der Waals surface area contributed by atoms with Gasteiger partial charge in [-0.2, -0.15) is 13.2 Å². The fourth-order valence-corrected chi connectivity index (χ4v) is 1.70. The van der Waals surface area contributed by atoms with E-state index in [1.54, 1.807) is 0 Å². The Morgan fingerprint density at radius 1 is 1.41 bits per heavy atom. The molecule has 0 amide bonds. The molecule has 0 fully saturated rings. The minimum atomic E-state index is -4.62. The molecular weight excluding hydrogens is 308 g/mol. The number of halogens is 5. The number of benzene rings is 1. The molecule has 0 aliphatic rings. The zero-order valence-corrected chi connectivity index (χ0v) is 10.1. The van der Waals surface area contributed by atoms with E-state index in [0.29, 0.717) is 12.1 Å². The molecule has 1 rings (SSSR count). The van der Waals surface area contributed by atoms with Crippen molar-refractivity contribution in [2.75, 3.05) is 7.11 Å². The van der Waals surface area contributed by atoms with Crippen molar-refractivity contribution in [2.24, 2.45) is 0 Å². The number of ether oxygens (including phenoxy) is 1. The standard InChI is InChI=1S/C10H7BrF4O2/c1-17-9(16)8(11)6-3-2-5(4-7(6)12)10(13,14)15/h2-4,8H,1H3. The fraction of sp³-hybridized carbons (Fsp3) is 0.300. The van der Waals surface area contributed by atoms with E-state index in [1.807, 2.05) is 0 Å². The van der Waals surface area contributed by atoms with Crippen molar-refractivity contribution in [3.63, 3.8) is 0 Å². The van der Waals surface area contributed by atoms with E-state index in [9.17, 15) is 22.4 Å². The molecule has 1 unspecified atom stereocenters. The third-order valence-electron chi connectivity index (χ3n) is 2.01. The number of esters is 1. The Morgan fingerprint density at radius 3 is 2.41 bits per heavy atom. The predicted octanol–water partition coefficient (Wildman–Crippen LogP) is 3.45. The Hall–Kier alpha value is -1.11. The van der Waals surface area contributed by atoms with Gasteiger partial charge < -0.3 is 4.74 Å². The zero-order valence-electron chi connectivity index (χ0n) is 8.52. The summed E-state index contributed by atoms with van der Waals surface area (Å²) >= 11 is 2.84. The third kappa shape index (κ3) is 3.18. The Bertz CT molecular complexity index is 431. The molecule has 0 saturated heterocycles. The van der Waals surface area contributed by atoms with Gasteiger partial charge in [0.05, 0.1) is 12.7 Å². The SMILES string of the molecule is COC(=O)C(Br)c1ccc(C(F)(F)F)cc1F. The average molecular weight is 315 g/mol. The van der Waals surface area contributed by atoms with Crippen LogP contribution in [0.5, 0.6) is 0 Å². The van der Waals surface area contributed by atoms with Crippen LogP contribution in [0.2, 0.25) is 0 Å². The number of hydrogen-bond donors (Lipinski definition) is 0. The summed E-state index contributed by atoms with van der Waals surface area (Å²) in [5.41, 5.74) is -1.31. The van der Waals surface area contributed by atoms with Gasteiger partial charge in [0.15, 0.2) is 0 Å². The second-order valence-corrected chi connectivity index (χ2v) is 4.04. The molecule has 17 heavy (non-hydrogen) atoms. The lowest BCUT2D eigenvalue weighted by Crippen LogP contribution is -2.11. The van der Waals surface area contributed by atoms with Gasteiger partial charge in [-0.3, -0.25) is 4.79 Å². The van der Waals surface area contributed by atoms with Crippen LogP contribution < -0.4 is 0 Å². The van der Waals surface area contributed by atoms with Crippen LogP contribution in [-0.4, -0.2) is 13.1 Å². The molecule has 0 spiro atoms. The normalized spacial score (nSPS) is 13.3. The van der Waals surface area contributed by atoms with Gasteiger partial charge in [0.25, 0.3) is 0 Å². The van der Waals surface area contributed by atoms with Crippen LogP contribution in [0, 0.1) is 5.82 Å². The summed E-state index contributed by atoms with van der Waals surface area (Å²) < 4.78 is 54.5. The highest BCUT2D eigenvalue weighted by atomic mass is 79.9. The first kappa shape index (κ1) is 14.0. The highest BCUT2D eigenvalue weighted by Crippen LogP contribution is 2.33. The summed E-state index contributed by atoms with van der Waals surface area (Å²) in [5, 5.41) is 0. The van der Waals surface area contributed by atoms with E-state index in [-0.39, 0.29) is 5.56 Å². The van der Waals surface area contributed by atoms with Gasteiger partial charge >= 0.3 is 12.1 Å². The molecule has 0 aliphatic carbocycles. The second kappa shape index (κ2) is 5.03. The average Bonchev–Trinajstić information content (AvgIpc) is 2.25. The van der Waals surface area contributed by atoms with Crippen LogP contribution in [0.4, 0.5) is 17.6 Å². The first-order chi connectivity index (χ1) is 7.77. The fourth-order valence-electron chi connectivity index (χ4n) is 1.14. The van der Waals surface area contributed by atoms with Gasteiger partial charge in [-0.25, -0.2) is 4.39 Å². The molecule has 2 nitrogen and oxygen atoms in total. The third-order valence-corrected chi connectivity index (χ3v) is 2.88. The maximum Gasteiger partial charge on any atom is 0.416 e. The van der Waals surface area contributed by atoms with E-state index in [0.717, 1.165) is 13.2 Å². The summed E-state index contributed by atoms with van der Waals surface area (Å²) in [6.07, 6.45) is -4.62. The van der Waals surface area contributed by atoms with Gasteiger partial charge in [0.1, 0.15) is 10.6 Å². The van der Waals surface area contributed by atoms with Crippen molar-refractivity contribution in [3.8, 4) is 0 Å². The van der Waals surface area contributed by atoms with Gasteiger partial charge in [-0.1, -0.05) is 22.0 Å². The molecule has 0 bridgehead atoms. The van der Waals surface area contributed by atoms with Crippen LogP contribution in [0.1, 0.15) is 16.0 Å². The van der Waals surface area contributed by atoms with E-state index in [4.69, 9.17) is 0 Å². The monoisotopic (exact) mass is 314 g/mol. The molecule has 0 aliphatic heterocycles. The van der Waals surface area contributed by atoms with Crippen molar-refractivity contribution in [1.29, 1.82) is 0 Å². The Morgan fingerprint density at radius 2 is 2.00 bits per heavy atom. The highest BCUT2D eigenvalue weighted by Gasteiger charge is 2.32. The largest absolute Gasteiger partial charge is 0.468 e. The number of alkyl halides is 4. The quantitative estimate of drug-likeness (QED) is 0.475. The number of methoxy groups -OCH3 is 1. The number of carbonyl (C=O) groups is 1. The number of rotatable bonds is 2. The molecule has 0 aromatic heterocycles. The summed E-state index contributed by atoms with van der Waals surface area (Å²) in [6.45, 7) is 0. The minimum Gasteiger partial charge on any atom is -0.468 e. The highest BCUT2D eigenvalue weighted by molar-refractivity contribution is 9.09. The maximum absolute atomic E-state index is 13.4. The molecule has 0 radical (unpaired) electrons. The molecule has 0 heterocycles. The topological polar surface area (TPSA) is 26.3 Å². The second-order valence-electron chi connectivity index (χ2n) is 3.12. The Kier molecular flexibility index (Phi) is 4.13. The van der Waals surface area contributed by atoms with Crippen LogP contribution in [0.3, 0.4) is 0 Å². The molecular formula is C10H7BrF4O2. The number of hydrogen-bond acceptors (Lipinski definition) is 2. The molecule has 1 aromatic rings. The Balaban J connectivity index is 3.10. The first-order valence-corrected chi connectivity index (χ1v) is 5.27. The van der Waals surface area contributed by atoms with Gasteiger partial charge in [-0.15, -0.1) is 0 Å². The van der Waals surface area contributed by atoms with E-state index < -0.39 is 28.4 Å². The van der Waals surface area contributed by atoms with Crippen LogP contribution in [0.15, 0.2) is 18.2 Å². The molecule has 7 heteroatoms. The summed E-state index contributed by atoms with van der Waals surface area (Å²) in [4.78, 5) is 9.96. The summed E-state index contributed by atoms with van der Waals surface area (Å²) in [6, 6.07) is 1.94. The molecule has 0 N–H and O–H groups in total. The van der Waals surface area contributed by atoms with Crippen molar-refractivity contribution >= 4 is 21.9 Å². The Labute approximate surface area is 103 Å². The zero-order chi connectivity index (χ0) is 13.2. The van der Waals surface area contributed by atoms with Crippen molar-refractivity contribution in [1.82, 2.24) is 0 Å². The molecule has 1 atom stereocenters. The predicted molar refractivity (Wildman–Crippen MR) is 55.1 cm³/mol. The summed E-state index contributed by atoms with van der Waals surface area (Å²) in [7, 11) is 1.10. The van der Waals surface area contributed by atoms with Crippen molar-refractivity contribution in [3.05, 3.63) is 35.1 Å². The van der Waals surface area contributed by atoms with Gasteiger partial charge in [-0.05, 0) is 12.1 Å². The van der Waals surface area contributed by atoms with Crippen LogP contribution in [0.25, 0.3) is 0 Å². The molecule has 94 valence electrons.